The van der Waals surface area contributed by atoms with E-state index in [0.717, 1.165) is 19.7 Å². The van der Waals surface area contributed by atoms with Gasteiger partial charge in [0.1, 0.15) is 5.60 Å². The Balaban J connectivity index is 2.04. The molecule has 13 heavy (non-hydrogen) atoms. The summed E-state index contributed by atoms with van der Waals surface area (Å²) in [5, 5.41) is 0. The van der Waals surface area contributed by atoms with E-state index < -0.39 is 0 Å². The maximum absolute atomic E-state index is 5.88. The van der Waals surface area contributed by atoms with E-state index in [0.29, 0.717) is 0 Å². The number of nitrogens with zero attached hydrogens (tertiary/aromatic N) is 1. The van der Waals surface area contributed by atoms with Crippen molar-refractivity contribution in [2.45, 2.75) is 12.2 Å². The Labute approximate surface area is 78.1 Å². The zero-order valence-electron chi connectivity index (χ0n) is 7.79. The summed E-state index contributed by atoms with van der Waals surface area (Å²) in [4.78, 5) is 2.29. The minimum Gasteiger partial charge on any atom is -0.363 e. The molecule has 1 aromatic carbocycles. The average molecular weight is 175 g/mol. The fourth-order valence-electron chi connectivity index (χ4n) is 2.47. The lowest BCUT2D eigenvalue weighted by Gasteiger charge is -2.45. The number of ether oxygens (including phenoxy) is 1. The van der Waals surface area contributed by atoms with E-state index in [4.69, 9.17) is 4.74 Å². The second-order valence-electron chi connectivity index (χ2n) is 4.11. The van der Waals surface area contributed by atoms with Crippen LogP contribution in [-0.4, -0.2) is 25.0 Å². The lowest BCUT2D eigenvalue weighted by Crippen LogP contribution is -2.57. The first kappa shape index (κ1) is 7.54. The molecule has 0 amide bonds. The summed E-state index contributed by atoms with van der Waals surface area (Å²) in [5.74, 6) is 0. The molecule has 0 aliphatic carbocycles. The number of rotatable bonds is 0. The lowest BCUT2D eigenvalue weighted by molar-refractivity contribution is -0.132. The summed E-state index contributed by atoms with van der Waals surface area (Å²) in [6.07, 6.45) is 0. The molecule has 0 saturated carbocycles. The maximum Gasteiger partial charge on any atom is 0.119 e. The van der Waals surface area contributed by atoms with Crippen molar-refractivity contribution < 1.29 is 4.74 Å². The van der Waals surface area contributed by atoms with Crippen molar-refractivity contribution in [2.75, 3.05) is 20.1 Å². The molecule has 0 bridgehead atoms. The van der Waals surface area contributed by atoms with Gasteiger partial charge in [0.2, 0.25) is 0 Å². The normalized spacial score (nSPS) is 24.4. The molecule has 3 rings (SSSR count). The second kappa shape index (κ2) is 2.34. The molecule has 0 aromatic heterocycles. The van der Waals surface area contributed by atoms with Gasteiger partial charge >= 0.3 is 0 Å². The second-order valence-corrected chi connectivity index (χ2v) is 4.11. The molecule has 0 N–H and O–H groups in total. The van der Waals surface area contributed by atoms with Gasteiger partial charge in [-0.25, -0.2) is 0 Å². The van der Waals surface area contributed by atoms with Gasteiger partial charge in [0.25, 0.3) is 0 Å². The van der Waals surface area contributed by atoms with Crippen LogP contribution in [0.3, 0.4) is 0 Å². The van der Waals surface area contributed by atoms with Crippen LogP contribution < -0.4 is 0 Å². The van der Waals surface area contributed by atoms with E-state index in [9.17, 15) is 0 Å². The molecule has 2 aliphatic heterocycles. The van der Waals surface area contributed by atoms with E-state index in [1.165, 1.54) is 11.1 Å². The quantitative estimate of drug-likeness (QED) is 0.590. The number of likely N-dealkylation sites (N-methyl/N-ethyl adjacent to an activating group) is 1. The highest BCUT2D eigenvalue weighted by Gasteiger charge is 2.48. The first-order chi connectivity index (χ1) is 6.30. The minimum absolute atomic E-state index is 0.0470. The molecule has 0 radical (unpaired) electrons. The van der Waals surface area contributed by atoms with Gasteiger partial charge in [-0.1, -0.05) is 24.3 Å². The van der Waals surface area contributed by atoms with Crippen LogP contribution in [0.2, 0.25) is 0 Å². The third-order valence-corrected chi connectivity index (χ3v) is 3.06. The molecule has 2 heteroatoms. The van der Waals surface area contributed by atoms with Crippen molar-refractivity contribution in [3.63, 3.8) is 0 Å². The van der Waals surface area contributed by atoms with Crippen molar-refractivity contribution in [1.29, 1.82) is 0 Å². The van der Waals surface area contributed by atoms with Crippen LogP contribution in [0.15, 0.2) is 24.3 Å². The van der Waals surface area contributed by atoms with Gasteiger partial charge in [-0.15, -0.1) is 0 Å². The Morgan fingerprint density at radius 1 is 1.31 bits per heavy atom. The maximum atomic E-state index is 5.88. The SMILES string of the molecule is CN1CC2(C1)OCc1ccccc12. The average Bonchev–Trinajstić information content (AvgIpc) is 2.45. The number of fused-ring (bicyclic) bond motifs is 2. The summed E-state index contributed by atoms with van der Waals surface area (Å²) in [6, 6.07) is 8.56. The Bertz CT molecular complexity index is 336. The first-order valence-electron chi connectivity index (χ1n) is 4.71. The van der Waals surface area contributed by atoms with Crippen LogP contribution in [0.5, 0.6) is 0 Å². The number of benzene rings is 1. The fourth-order valence-corrected chi connectivity index (χ4v) is 2.47. The molecule has 2 nitrogen and oxygen atoms in total. The first-order valence-corrected chi connectivity index (χ1v) is 4.71. The highest BCUT2D eigenvalue weighted by atomic mass is 16.5. The predicted molar refractivity (Wildman–Crippen MR) is 50.4 cm³/mol. The number of likely N-dealkylation sites (tertiary alicyclic amines) is 1. The highest BCUT2D eigenvalue weighted by Crippen LogP contribution is 2.42. The van der Waals surface area contributed by atoms with Crippen LogP contribution in [-0.2, 0) is 16.9 Å². The van der Waals surface area contributed by atoms with Gasteiger partial charge in [0, 0.05) is 13.1 Å². The largest absolute Gasteiger partial charge is 0.363 e. The molecule has 68 valence electrons. The van der Waals surface area contributed by atoms with Crippen molar-refractivity contribution >= 4 is 0 Å². The van der Waals surface area contributed by atoms with Crippen LogP contribution in [0.1, 0.15) is 11.1 Å². The molecule has 1 aromatic rings. The standard InChI is InChI=1S/C11H13NO/c1-12-7-11(8-12)10-5-3-2-4-9(10)6-13-11/h2-5H,6-8H2,1H3. The highest BCUT2D eigenvalue weighted by molar-refractivity contribution is 5.37. The van der Waals surface area contributed by atoms with Crippen LogP contribution in [0.25, 0.3) is 0 Å². The molecule has 1 spiro atoms. The van der Waals surface area contributed by atoms with E-state index in [2.05, 4.69) is 36.2 Å². The van der Waals surface area contributed by atoms with Gasteiger partial charge in [0.05, 0.1) is 6.61 Å². The zero-order chi connectivity index (χ0) is 8.89. The lowest BCUT2D eigenvalue weighted by atomic mass is 9.86. The fraction of sp³-hybridized carbons (Fsp3) is 0.455. The predicted octanol–water partition coefficient (Wildman–Crippen LogP) is 1.36. The molecule has 0 unspecified atom stereocenters. The topological polar surface area (TPSA) is 12.5 Å². The smallest absolute Gasteiger partial charge is 0.119 e. The van der Waals surface area contributed by atoms with Gasteiger partial charge in [-0.2, -0.15) is 0 Å². The molecule has 2 heterocycles. The summed E-state index contributed by atoms with van der Waals surface area (Å²) in [7, 11) is 2.13. The Kier molecular flexibility index (Phi) is 1.35. The number of hydrogen-bond acceptors (Lipinski definition) is 2. The van der Waals surface area contributed by atoms with Crippen LogP contribution in [0.4, 0.5) is 0 Å². The Morgan fingerprint density at radius 3 is 2.85 bits per heavy atom. The van der Waals surface area contributed by atoms with Crippen LogP contribution in [0, 0.1) is 0 Å². The van der Waals surface area contributed by atoms with Gasteiger partial charge in [0.15, 0.2) is 0 Å². The van der Waals surface area contributed by atoms with Crippen molar-refractivity contribution in [1.82, 2.24) is 4.90 Å². The van der Waals surface area contributed by atoms with Crippen molar-refractivity contribution in [2.24, 2.45) is 0 Å². The van der Waals surface area contributed by atoms with E-state index >= 15 is 0 Å². The third-order valence-electron chi connectivity index (χ3n) is 3.06. The van der Waals surface area contributed by atoms with Gasteiger partial charge in [-0.05, 0) is 18.2 Å². The molecule has 1 fully saturated rings. The summed E-state index contributed by atoms with van der Waals surface area (Å²) in [6.45, 7) is 2.89. The minimum atomic E-state index is 0.0470. The molecule has 1 saturated heterocycles. The van der Waals surface area contributed by atoms with Gasteiger partial charge in [-0.3, -0.25) is 4.90 Å². The molecular weight excluding hydrogens is 162 g/mol. The Morgan fingerprint density at radius 2 is 2.08 bits per heavy atom. The van der Waals surface area contributed by atoms with E-state index in [1.54, 1.807) is 0 Å². The Hall–Kier alpha value is -0.860. The number of hydrogen-bond donors (Lipinski definition) is 0. The van der Waals surface area contributed by atoms with Crippen LogP contribution >= 0.6 is 0 Å². The summed E-state index contributed by atoms with van der Waals surface area (Å²) >= 11 is 0. The summed E-state index contributed by atoms with van der Waals surface area (Å²) in [5.41, 5.74) is 2.83. The zero-order valence-corrected chi connectivity index (χ0v) is 7.79. The molecular formula is C11H13NO. The summed E-state index contributed by atoms with van der Waals surface area (Å²) < 4.78 is 5.88. The monoisotopic (exact) mass is 175 g/mol. The molecule has 0 atom stereocenters. The third kappa shape index (κ3) is 0.901. The van der Waals surface area contributed by atoms with E-state index in [1.807, 2.05) is 0 Å². The van der Waals surface area contributed by atoms with Crippen molar-refractivity contribution in [3.8, 4) is 0 Å². The van der Waals surface area contributed by atoms with Crippen molar-refractivity contribution in [3.05, 3.63) is 35.4 Å². The van der Waals surface area contributed by atoms with Gasteiger partial charge < -0.3 is 4.74 Å². The molecule has 2 aliphatic rings. The van der Waals surface area contributed by atoms with E-state index in [-0.39, 0.29) is 5.60 Å².